The van der Waals surface area contributed by atoms with Crippen LogP contribution in [0.2, 0.25) is 0 Å². The van der Waals surface area contributed by atoms with Crippen molar-refractivity contribution in [1.82, 2.24) is 19.5 Å². The number of nitrogens with one attached hydrogen (secondary N) is 1. The van der Waals surface area contributed by atoms with Crippen LogP contribution in [0.15, 0.2) is 85.6 Å². The highest BCUT2D eigenvalue weighted by Gasteiger charge is 2.10. The molecule has 6 nitrogen and oxygen atoms in total. The maximum Gasteiger partial charge on any atom is 0.236 e. The van der Waals surface area contributed by atoms with E-state index in [1.54, 1.807) is 23.3 Å². The van der Waals surface area contributed by atoms with E-state index in [1.807, 2.05) is 54.7 Å². The summed E-state index contributed by atoms with van der Waals surface area (Å²) in [6.45, 7) is 1.05. The lowest BCUT2D eigenvalue weighted by molar-refractivity contribution is 0.306. The molecule has 27 heavy (non-hydrogen) atoms. The molecule has 0 amide bonds. The third kappa shape index (κ3) is 4.30. The summed E-state index contributed by atoms with van der Waals surface area (Å²) in [5.41, 5.74) is 2.06. The van der Waals surface area contributed by atoms with Gasteiger partial charge in [-0.25, -0.2) is 9.97 Å². The van der Waals surface area contributed by atoms with Crippen molar-refractivity contribution in [3.8, 4) is 11.7 Å². The van der Waals surface area contributed by atoms with E-state index in [4.69, 9.17) is 4.74 Å². The summed E-state index contributed by atoms with van der Waals surface area (Å²) in [6, 6.07) is 19.9. The molecule has 0 atom stereocenters. The first-order valence-corrected chi connectivity index (χ1v) is 8.68. The number of imidazole rings is 1. The van der Waals surface area contributed by atoms with Gasteiger partial charge in [-0.2, -0.15) is 4.98 Å². The molecule has 4 rings (SSSR count). The van der Waals surface area contributed by atoms with Gasteiger partial charge in [-0.15, -0.1) is 0 Å². The van der Waals surface area contributed by atoms with Crippen molar-refractivity contribution in [1.29, 1.82) is 0 Å². The summed E-state index contributed by atoms with van der Waals surface area (Å²) >= 11 is 0. The number of anilines is 1. The van der Waals surface area contributed by atoms with Gasteiger partial charge in [0.05, 0.1) is 5.56 Å². The Morgan fingerprint density at radius 3 is 2.48 bits per heavy atom. The second-order valence-corrected chi connectivity index (χ2v) is 5.95. The standard InChI is InChI=1S/C21H19N5O/c1-3-7-17(8-4-1)13-23-20-18(15-27-19-9-5-2-6-10-19)14-24-21(25-20)26-12-11-22-16-26/h1-12,14,16H,13,15H2,(H,23,24,25). The van der Waals surface area contributed by atoms with Crippen molar-refractivity contribution < 1.29 is 4.74 Å². The second-order valence-electron chi connectivity index (χ2n) is 5.95. The van der Waals surface area contributed by atoms with Crippen LogP contribution in [0.5, 0.6) is 5.75 Å². The normalized spacial score (nSPS) is 10.5. The molecule has 0 radical (unpaired) electrons. The molecule has 2 aromatic carbocycles. The molecule has 0 unspecified atom stereocenters. The van der Waals surface area contributed by atoms with E-state index in [0.717, 1.165) is 17.1 Å². The molecule has 0 spiro atoms. The maximum absolute atomic E-state index is 5.88. The van der Waals surface area contributed by atoms with Crippen molar-refractivity contribution in [3.05, 3.63) is 96.7 Å². The van der Waals surface area contributed by atoms with Crippen molar-refractivity contribution in [3.63, 3.8) is 0 Å². The van der Waals surface area contributed by atoms with E-state index in [-0.39, 0.29) is 0 Å². The molecular formula is C21H19N5O. The van der Waals surface area contributed by atoms with Gasteiger partial charge < -0.3 is 10.1 Å². The number of hydrogen-bond acceptors (Lipinski definition) is 5. The Morgan fingerprint density at radius 2 is 1.74 bits per heavy atom. The van der Waals surface area contributed by atoms with Crippen LogP contribution < -0.4 is 10.1 Å². The first-order chi connectivity index (χ1) is 13.4. The van der Waals surface area contributed by atoms with Gasteiger partial charge in [0.1, 0.15) is 24.5 Å². The van der Waals surface area contributed by atoms with Gasteiger partial charge >= 0.3 is 0 Å². The number of benzene rings is 2. The van der Waals surface area contributed by atoms with Crippen molar-refractivity contribution in [2.45, 2.75) is 13.2 Å². The van der Waals surface area contributed by atoms with Gasteiger partial charge in [0.2, 0.25) is 5.95 Å². The molecule has 0 bridgehead atoms. The number of para-hydroxylation sites is 1. The largest absolute Gasteiger partial charge is 0.489 e. The summed E-state index contributed by atoms with van der Waals surface area (Å²) < 4.78 is 7.65. The van der Waals surface area contributed by atoms with Crippen LogP contribution in [0.3, 0.4) is 0 Å². The van der Waals surface area contributed by atoms with Crippen molar-refractivity contribution in [2.24, 2.45) is 0 Å². The fourth-order valence-corrected chi connectivity index (χ4v) is 2.62. The van der Waals surface area contributed by atoms with Gasteiger partial charge in [0.15, 0.2) is 0 Å². The molecule has 0 aliphatic carbocycles. The lowest BCUT2D eigenvalue weighted by atomic mass is 10.2. The number of hydrogen-bond donors (Lipinski definition) is 1. The number of rotatable bonds is 7. The Kier molecular flexibility index (Phi) is 5.06. The minimum absolute atomic E-state index is 0.380. The van der Waals surface area contributed by atoms with Gasteiger partial charge in [0, 0.05) is 25.1 Å². The third-order valence-corrected chi connectivity index (χ3v) is 4.03. The molecule has 0 saturated heterocycles. The van der Waals surface area contributed by atoms with Gasteiger partial charge in [0.25, 0.3) is 0 Å². The van der Waals surface area contributed by atoms with E-state index in [9.17, 15) is 0 Å². The second kappa shape index (κ2) is 8.14. The minimum Gasteiger partial charge on any atom is -0.489 e. The van der Waals surface area contributed by atoms with E-state index in [1.165, 1.54) is 5.56 Å². The molecule has 0 fully saturated rings. The molecule has 1 N–H and O–H groups in total. The van der Waals surface area contributed by atoms with Gasteiger partial charge in [-0.05, 0) is 17.7 Å². The van der Waals surface area contributed by atoms with Crippen LogP contribution >= 0.6 is 0 Å². The molecule has 2 aromatic heterocycles. The quantitative estimate of drug-likeness (QED) is 0.544. The van der Waals surface area contributed by atoms with Crippen molar-refractivity contribution >= 4 is 5.82 Å². The minimum atomic E-state index is 0.380. The number of aromatic nitrogens is 4. The Morgan fingerprint density at radius 1 is 0.963 bits per heavy atom. The lowest BCUT2D eigenvalue weighted by Gasteiger charge is -2.13. The van der Waals surface area contributed by atoms with Gasteiger partial charge in [-0.3, -0.25) is 4.57 Å². The summed E-state index contributed by atoms with van der Waals surface area (Å²) in [6.07, 6.45) is 6.98. The SMILES string of the molecule is c1ccc(CNc2nc(-n3ccnc3)ncc2COc2ccccc2)cc1. The monoisotopic (exact) mass is 357 g/mol. The topological polar surface area (TPSA) is 64.9 Å². The smallest absolute Gasteiger partial charge is 0.236 e. The van der Waals surface area contributed by atoms with Crippen LogP contribution in [0.25, 0.3) is 5.95 Å². The number of ether oxygens (including phenoxy) is 1. The highest BCUT2D eigenvalue weighted by Crippen LogP contribution is 2.18. The fourth-order valence-electron chi connectivity index (χ4n) is 2.62. The molecule has 0 aliphatic heterocycles. The molecule has 134 valence electrons. The molecular weight excluding hydrogens is 338 g/mol. The average Bonchev–Trinajstić information content (AvgIpc) is 3.27. The van der Waals surface area contributed by atoms with Gasteiger partial charge in [-0.1, -0.05) is 48.5 Å². The van der Waals surface area contributed by atoms with E-state index in [0.29, 0.717) is 19.1 Å². The predicted molar refractivity (Wildman–Crippen MR) is 104 cm³/mol. The van der Waals surface area contributed by atoms with Crippen LogP contribution in [0.1, 0.15) is 11.1 Å². The number of nitrogens with zero attached hydrogens (tertiary/aromatic N) is 4. The van der Waals surface area contributed by atoms with Crippen LogP contribution in [-0.4, -0.2) is 19.5 Å². The molecule has 0 aliphatic rings. The molecule has 0 saturated carbocycles. The summed E-state index contributed by atoms with van der Waals surface area (Å²) in [5.74, 6) is 2.12. The third-order valence-electron chi connectivity index (χ3n) is 4.03. The van der Waals surface area contributed by atoms with Crippen LogP contribution in [0, 0.1) is 0 Å². The summed E-state index contributed by atoms with van der Waals surface area (Å²) in [5, 5.41) is 3.40. The average molecular weight is 357 g/mol. The Labute approximate surface area is 157 Å². The van der Waals surface area contributed by atoms with Crippen LogP contribution in [0.4, 0.5) is 5.82 Å². The first-order valence-electron chi connectivity index (χ1n) is 8.68. The zero-order valence-electron chi connectivity index (χ0n) is 14.7. The Balaban J connectivity index is 1.56. The predicted octanol–water partition coefficient (Wildman–Crippen LogP) is 3.85. The molecule has 4 aromatic rings. The maximum atomic E-state index is 5.88. The highest BCUT2D eigenvalue weighted by atomic mass is 16.5. The lowest BCUT2D eigenvalue weighted by Crippen LogP contribution is -2.10. The highest BCUT2D eigenvalue weighted by molar-refractivity contribution is 5.45. The van der Waals surface area contributed by atoms with E-state index >= 15 is 0 Å². The Hall–Kier alpha value is -3.67. The molecule has 2 heterocycles. The zero-order chi connectivity index (χ0) is 18.3. The van der Waals surface area contributed by atoms with Crippen LogP contribution in [-0.2, 0) is 13.2 Å². The fraction of sp³-hybridized carbons (Fsp3) is 0.0952. The van der Waals surface area contributed by atoms with E-state index in [2.05, 4.69) is 32.4 Å². The first kappa shape index (κ1) is 16.8. The summed E-state index contributed by atoms with van der Waals surface area (Å²) in [4.78, 5) is 13.2. The molecule has 6 heteroatoms. The Bertz CT molecular complexity index is 972. The van der Waals surface area contributed by atoms with E-state index < -0.39 is 0 Å². The summed E-state index contributed by atoms with van der Waals surface area (Å²) in [7, 11) is 0. The van der Waals surface area contributed by atoms with Crippen molar-refractivity contribution in [2.75, 3.05) is 5.32 Å². The zero-order valence-corrected chi connectivity index (χ0v) is 14.7.